The smallest absolute Gasteiger partial charge is 0.224 e. The molecule has 0 saturated carbocycles. The Balaban J connectivity index is 2.24. The van der Waals surface area contributed by atoms with Crippen molar-refractivity contribution >= 4 is 5.91 Å². The van der Waals surface area contributed by atoms with Crippen molar-refractivity contribution in [1.29, 1.82) is 0 Å². The molecule has 1 heterocycles. The molecule has 5 nitrogen and oxygen atoms in total. The molecule has 0 aromatic rings. The van der Waals surface area contributed by atoms with Gasteiger partial charge in [0.25, 0.3) is 0 Å². The highest BCUT2D eigenvalue weighted by Crippen LogP contribution is 2.05. The predicted molar refractivity (Wildman–Crippen MR) is 79.2 cm³/mol. The standard InChI is InChI=1S/C14H30N4O/c1-5-17-6-8-18(9-7-17)13(3)11-16-14(19)12(2)10-15-4/h12-13,15H,5-11H2,1-4H3,(H,16,19). The van der Waals surface area contributed by atoms with E-state index >= 15 is 0 Å². The van der Waals surface area contributed by atoms with Crippen LogP contribution in [-0.4, -0.2) is 74.6 Å². The summed E-state index contributed by atoms with van der Waals surface area (Å²) in [6, 6.07) is 0.421. The summed E-state index contributed by atoms with van der Waals surface area (Å²) in [5.74, 6) is 0.183. The largest absolute Gasteiger partial charge is 0.354 e. The summed E-state index contributed by atoms with van der Waals surface area (Å²) in [7, 11) is 1.87. The Bertz CT molecular complexity index is 264. The monoisotopic (exact) mass is 270 g/mol. The zero-order chi connectivity index (χ0) is 14.3. The van der Waals surface area contributed by atoms with Crippen molar-refractivity contribution in [3.63, 3.8) is 0 Å². The summed E-state index contributed by atoms with van der Waals surface area (Å²) in [6.45, 7) is 13.5. The molecule has 1 amide bonds. The number of likely N-dealkylation sites (N-methyl/N-ethyl adjacent to an activating group) is 1. The summed E-state index contributed by atoms with van der Waals surface area (Å²) in [5, 5.41) is 6.09. The van der Waals surface area contributed by atoms with Gasteiger partial charge in [-0.1, -0.05) is 13.8 Å². The molecule has 0 aliphatic carbocycles. The Morgan fingerprint density at radius 1 is 1.16 bits per heavy atom. The number of rotatable bonds is 7. The Morgan fingerprint density at radius 3 is 2.32 bits per heavy atom. The van der Waals surface area contributed by atoms with Gasteiger partial charge >= 0.3 is 0 Å². The van der Waals surface area contributed by atoms with Gasteiger partial charge in [-0.25, -0.2) is 0 Å². The Labute approximate surface area is 117 Å². The summed E-state index contributed by atoms with van der Waals surface area (Å²) < 4.78 is 0. The maximum atomic E-state index is 11.8. The van der Waals surface area contributed by atoms with E-state index in [-0.39, 0.29) is 11.8 Å². The zero-order valence-corrected chi connectivity index (χ0v) is 12.9. The molecule has 19 heavy (non-hydrogen) atoms. The lowest BCUT2D eigenvalue weighted by molar-refractivity contribution is -0.124. The van der Waals surface area contributed by atoms with E-state index < -0.39 is 0 Å². The zero-order valence-electron chi connectivity index (χ0n) is 12.9. The van der Waals surface area contributed by atoms with E-state index in [2.05, 4.69) is 34.3 Å². The molecule has 2 N–H and O–H groups in total. The first-order valence-electron chi connectivity index (χ1n) is 7.47. The molecule has 0 spiro atoms. The molecule has 112 valence electrons. The lowest BCUT2D eigenvalue weighted by atomic mass is 10.1. The van der Waals surface area contributed by atoms with Gasteiger partial charge in [-0.15, -0.1) is 0 Å². The number of amides is 1. The molecule has 2 atom stereocenters. The van der Waals surface area contributed by atoms with Crippen molar-refractivity contribution < 1.29 is 4.79 Å². The Hall–Kier alpha value is -0.650. The number of piperazine rings is 1. The molecule has 1 saturated heterocycles. The maximum absolute atomic E-state index is 11.8. The highest BCUT2D eigenvalue weighted by atomic mass is 16.1. The molecule has 1 aliphatic heterocycles. The third-order valence-electron chi connectivity index (χ3n) is 4.01. The second-order valence-electron chi connectivity index (χ2n) is 5.52. The summed E-state index contributed by atoms with van der Waals surface area (Å²) in [5.41, 5.74) is 0. The highest BCUT2D eigenvalue weighted by molar-refractivity contribution is 5.78. The topological polar surface area (TPSA) is 47.6 Å². The van der Waals surface area contributed by atoms with Gasteiger partial charge in [0.15, 0.2) is 0 Å². The number of nitrogens with zero attached hydrogens (tertiary/aromatic N) is 2. The Morgan fingerprint density at radius 2 is 1.79 bits per heavy atom. The van der Waals surface area contributed by atoms with Gasteiger partial charge < -0.3 is 15.5 Å². The van der Waals surface area contributed by atoms with E-state index in [1.807, 2.05) is 14.0 Å². The average molecular weight is 270 g/mol. The van der Waals surface area contributed by atoms with Gasteiger partial charge in [-0.2, -0.15) is 0 Å². The van der Waals surface area contributed by atoms with E-state index in [0.717, 1.165) is 45.8 Å². The van der Waals surface area contributed by atoms with Crippen LogP contribution in [0.3, 0.4) is 0 Å². The second kappa shape index (κ2) is 8.51. The van der Waals surface area contributed by atoms with Crippen molar-refractivity contribution in [2.75, 3.05) is 52.9 Å². The van der Waals surface area contributed by atoms with Gasteiger partial charge in [0, 0.05) is 51.2 Å². The number of hydrogen-bond acceptors (Lipinski definition) is 4. The minimum atomic E-state index is 0.0362. The molecule has 0 aromatic carbocycles. The van der Waals surface area contributed by atoms with E-state index in [0.29, 0.717) is 6.04 Å². The van der Waals surface area contributed by atoms with Crippen LogP contribution >= 0.6 is 0 Å². The lowest BCUT2D eigenvalue weighted by Gasteiger charge is -2.37. The van der Waals surface area contributed by atoms with Gasteiger partial charge in [-0.3, -0.25) is 9.69 Å². The van der Waals surface area contributed by atoms with Gasteiger partial charge in [-0.05, 0) is 20.5 Å². The summed E-state index contributed by atoms with van der Waals surface area (Å²) >= 11 is 0. The van der Waals surface area contributed by atoms with E-state index in [1.165, 1.54) is 0 Å². The molecule has 5 heteroatoms. The summed E-state index contributed by atoms with van der Waals surface area (Å²) in [4.78, 5) is 16.8. The van der Waals surface area contributed by atoms with Gasteiger partial charge in [0.05, 0.1) is 0 Å². The van der Waals surface area contributed by atoms with Crippen molar-refractivity contribution in [2.45, 2.75) is 26.8 Å². The fourth-order valence-electron chi connectivity index (χ4n) is 2.47. The maximum Gasteiger partial charge on any atom is 0.224 e. The van der Waals surface area contributed by atoms with Crippen LogP contribution in [0.5, 0.6) is 0 Å². The molecular formula is C14H30N4O. The molecule has 0 aromatic heterocycles. The predicted octanol–water partition coefficient (Wildman–Crippen LogP) is -0.0159. The summed E-state index contributed by atoms with van der Waals surface area (Å²) in [6.07, 6.45) is 0. The number of hydrogen-bond donors (Lipinski definition) is 2. The quantitative estimate of drug-likeness (QED) is 0.683. The average Bonchev–Trinajstić information content (AvgIpc) is 2.44. The molecule has 1 rings (SSSR count). The molecule has 1 aliphatic rings. The van der Waals surface area contributed by atoms with E-state index in [4.69, 9.17) is 0 Å². The Kier molecular flexibility index (Phi) is 7.34. The van der Waals surface area contributed by atoms with E-state index in [1.54, 1.807) is 0 Å². The number of carbonyl (C=O) groups is 1. The molecule has 1 fully saturated rings. The van der Waals surface area contributed by atoms with E-state index in [9.17, 15) is 4.79 Å². The first-order chi connectivity index (χ1) is 9.08. The number of carbonyl (C=O) groups excluding carboxylic acids is 1. The fourth-order valence-corrected chi connectivity index (χ4v) is 2.47. The van der Waals surface area contributed by atoms with Crippen molar-refractivity contribution in [2.24, 2.45) is 5.92 Å². The first-order valence-corrected chi connectivity index (χ1v) is 7.47. The van der Waals surface area contributed by atoms with Crippen LogP contribution < -0.4 is 10.6 Å². The molecular weight excluding hydrogens is 240 g/mol. The normalized spacial score (nSPS) is 21.1. The first kappa shape index (κ1) is 16.4. The van der Waals surface area contributed by atoms with Crippen LogP contribution in [0.15, 0.2) is 0 Å². The van der Waals surface area contributed by atoms with Gasteiger partial charge in [0.2, 0.25) is 5.91 Å². The number of nitrogens with one attached hydrogen (secondary N) is 2. The van der Waals surface area contributed by atoms with Crippen LogP contribution in [0.25, 0.3) is 0 Å². The van der Waals surface area contributed by atoms with Crippen LogP contribution in [0.2, 0.25) is 0 Å². The van der Waals surface area contributed by atoms with Crippen LogP contribution in [-0.2, 0) is 4.79 Å². The molecule has 0 bridgehead atoms. The van der Waals surface area contributed by atoms with Crippen molar-refractivity contribution in [3.8, 4) is 0 Å². The lowest BCUT2D eigenvalue weighted by Crippen LogP contribution is -2.52. The second-order valence-corrected chi connectivity index (χ2v) is 5.52. The minimum Gasteiger partial charge on any atom is -0.354 e. The third kappa shape index (κ3) is 5.47. The third-order valence-corrected chi connectivity index (χ3v) is 4.01. The SMILES string of the molecule is CCN1CCN(C(C)CNC(=O)C(C)CNC)CC1. The van der Waals surface area contributed by atoms with Crippen LogP contribution in [0.4, 0.5) is 0 Å². The molecule has 2 unspecified atom stereocenters. The molecule has 0 radical (unpaired) electrons. The van der Waals surface area contributed by atoms with Crippen LogP contribution in [0, 0.1) is 5.92 Å². The van der Waals surface area contributed by atoms with Crippen molar-refractivity contribution in [1.82, 2.24) is 20.4 Å². The highest BCUT2D eigenvalue weighted by Gasteiger charge is 2.21. The fraction of sp³-hybridized carbons (Fsp3) is 0.929. The van der Waals surface area contributed by atoms with Gasteiger partial charge in [0.1, 0.15) is 0 Å². The van der Waals surface area contributed by atoms with Crippen molar-refractivity contribution in [3.05, 3.63) is 0 Å². The minimum absolute atomic E-state index is 0.0362. The van der Waals surface area contributed by atoms with Crippen LogP contribution in [0.1, 0.15) is 20.8 Å².